The van der Waals surface area contributed by atoms with Crippen LogP contribution >= 0.6 is 11.8 Å². The van der Waals surface area contributed by atoms with Crippen molar-refractivity contribution in [1.29, 1.82) is 0 Å². The van der Waals surface area contributed by atoms with Gasteiger partial charge in [0.25, 0.3) is 5.56 Å². The molecular formula is C20H26N2O9S. The maximum atomic E-state index is 12.2. The largest absolute Gasteiger partial charge is 0.496 e. The molecule has 4 atom stereocenters. The normalized spacial score (nSPS) is 22.7. The number of H-pyrrole nitrogens is 1. The highest BCUT2D eigenvalue weighted by molar-refractivity contribution is 7.98. The van der Waals surface area contributed by atoms with Crippen molar-refractivity contribution >= 4 is 11.8 Å². The standard InChI is InChI=1S/C20H26N2O9S/c1-27-11-6-13(28-2)12(14(7-11)29-3)9-32-10-30-18-17(25)15(8-23)31-19(18)22-5-4-16(24)21-20(22)26/h4-7,15,17-19,23,25H,8-10H2,1-3H3,(H,21,24,26)/t15-,17?,18?,19-/m1/s1. The van der Waals surface area contributed by atoms with Crippen molar-refractivity contribution in [3.05, 3.63) is 50.8 Å². The number of aliphatic hydroxyl groups excluding tert-OH is 2. The summed E-state index contributed by atoms with van der Waals surface area (Å²) in [5.74, 6) is 2.38. The first-order valence-corrected chi connectivity index (χ1v) is 10.8. The summed E-state index contributed by atoms with van der Waals surface area (Å²) in [5.41, 5.74) is -0.463. The van der Waals surface area contributed by atoms with Crippen LogP contribution in [0.4, 0.5) is 0 Å². The number of ether oxygens (including phenoxy) is 5. The second-order valence-electron chi connectivity index (χ2n) is 6.86. The van der Waals surface area contributed by atoms with Crippen LogP contribution in [0, 0.1) is 0 Å². The number of rotatable bonds is 10. The summed E-state index contributed by atoms with van der Waals surface area (Å²) < 4.78 is 28.7. The van der Waals surface area contributed by atoms with Gasteiger partial charge in [0.05, 0.1) is 33.9 Å². The highest BCUT2D eigenvalue weighted by atomic mass is 32.2. The zero-order valence-corrected chi connectivity index (χ0v) is 18.7. The third-order valence-electron chi connectivity index (χ3n) is 5.03. The van der Waals surface area contributed by atoms with Crippen molar-refractivity contribution in [2.24, 2.45) is 0 Å². The SMILES string of the molecule is COc1cc(OC)c(CSCOC2C(O)[C@@H](CO)O[C@H]2n2ccc(=O)[nH]c2=O)c(OC)c1. The number of nitrogens with zero attached hydrogens (tertiary/aromatic N) is 1. The van der Waals surface area contributed by atoms with Gasteiger partial charge >= 0.3 is 5.69 Å². The first-order valence-electron chi connectivity index (χ1n) is 9.67. The van der Waals surface area contributed by atoms with Crippen LogP contribution in [-0.2, 0) is 15.2 Å². The molecule has 1 aromatic carbocycles. The van der Waals surface area contributed by atoms with E-state index in [2.05, 4.69) is 4.98 Å². The van der Waals surface area contributed by atoms with E-state index >= 15 is 0 Å². The molecule has 1 aromatic heterocycles. The lowest BCUT2D eigenvalue weighted by Crippen LogP contribution is -2.39. The first-order chi connectivity index (χ1) is 15.4. The average Bonchev–Trinajstić information content (AvgIpc) is 3.11. The molecule has 1 fully saturated rings. The second-order valence-corrected chi connectivity index (χ2v) is 7.80. The van der Waals surface area contributed by atoms with E-state index in [0.29, 0.717) is 23.0 Å². The third kappa shape index (κ3) is 5.10. The van der Waals surface area contributed by atoms with Crippen molar-refractivity contribution in [3.63, 3.8) is 0 Å². The molecule has 11 nitrogen and oxygen atoms in total. The first kappa shape index (κ1) is 24.1. The van der Waals surface area contributed by atoms with Gasteiger partial charge in [0, 0.05) is 35.7 Å². The summed E-state index contributed by atoms with van der Waals surface area (Å²) in [4.78, 5) is 25.7. The van der Waals surface area contributed by atoms with Gasteiger partial charge in [-0.2, -0.15) is 0 Å². The number of hydrogen-bond donors (Lipinski definition) is 3. The summed E-state index contributed by atoms with van der Waals surface area (Å²) in [6.07, 6.45) is -2.81. The van der Waals surface area contributed by atoms with E-state index in [0.717, 1.165) is 16.2 Å². The van der Waals surface area contributed by atoms with E-state index in [-0.39, 0.29) is 5.94 Å². The molecule has 0 spiro atoms. The Balaban J connectivity index is 1.71. The average molecular weight is 471 g/mol. The summed E-state index contributed by atoms with van der Waals surface area (Å²) >= 11 is 1.38. The molecule has 2 unspecified atom stereocenters. The molecular weight excluding hydrogens is 444 g/mol. The Hall–Kier alpha value is -2.51. The van der Waals surface area contributed by atoms with Gasteiger partial charge in [0.15, 0.2) is 6.23 Å². The highest BCUT2D eigenvalue weighted by Crippen LogP contribution is 2.37. The molecule has 0 saturated carbocycles. The van der Waals surface area contributed by atoms with Crippen LogP contribution < -0.4 is 25.5 Å². The van der Waals surface area contributed by atoms with Crippen LogP contribution in [0.1, 0.15) is 11.8 Å². The molecule has 2 heterocycles. The molecule has 176 valence electrons. The fourth-order valence-electron chi connectivity index (χ4n) is 3.39. The summed E-state index contributed by atoms with van der Waals surface area (Å²) in [6, 6.07) is 4.66. The van der Waals surface area contributed by atoms with Crippen LogP contribution in [0.3, 0.4) is 0 Å². The van der Waals surface area contributed by atoms with Gasteiger partial charge < -0.3 is 33.9 Å². The summed E-state index contributed by atoms with van der Waals surface area (Å²) in [7, 11) is 4.65. The highest BCUT2D eigenvalue weighted by Gasteiger charge is 2.45. The lowest BCUT2D eigenvalue weighted by atomic mass is 10.1. The van der Waals surface area contributed by atoms with E-state index in [1.165, 1.54) is 18.0 Å². The lowest BCUT2D eigenvalue weighted by molar-refractivity contribution is -0.0650. The number of hydrogen-bond acceptors (Lipinski definition) is 10. The Labute approximate surface area is 187 Å². The van der Waals surface area contributed by atoms with Gasteiger partial charge in [0.1, 0.15) is 35.6 Å². The van der Waals surface area contributed by atoms with Gasteiger partial charge in [-0.15, -0.1) is 11.8 Å². The van der Waals surface area contributed by atoms with Gasteiger partial charge in [-0.25, -0.2) is 4.79 Å². The molecule has 3 rings (SSSR count). The molecule has 1 aliphatic rings. The maximum absolute atomic E-state index is 12.2. The summed E-state index contributed by atoms with van der Waals surface area (Å²) in [6.45, 7) is -0.455. The molecule has 0 aliphatic carbocycles. The zero-order valence-electron chi connectivity index (χ0n) is 17.8. The number of methoxy groups -OCH3 is 3. The van der Waals surface area contributed by atoms with Crippen LogP contribution in [0.25, 0.3) is 0 Å². The molecule has 12 heteroatoms. The molecule has 1 saturated heterocycles. The minimum Gasteiger partial charge on any atom is -0.496 e. The molecule has 0 bridgehead atoms. The fourth-order valence-corrected chi connectivity index (χ4v) is 4.22. The van der Waals surface area contributed by atoms with Crippen molar-refractivity contribution in [2.45, 2.75) is 30.3 Å². The van der Waals surface area contributed by atoms with Gasteiger partial charge in [-0.3, -0.25) is 14.3 Å². The van der Waals surface area contributed by atoms with Gasteiger partial charge in [-0.1, -0.05) is 0 Å². The van der Waals surface area contributed by atoms with E-state index in [9.17, 15) is 19.8 Å². The Morgan fingerprint density at radius 3 is 2.41 bits per heavy atom. The molecule has 2 aromatic rings. The smallest absolute Gasteiger partial charge is 0.330 e. The second kappa shape index (κ2) is 10.9. The van der Waals surface area contributed by atoms with E-state index < -0.39 is 42.4 Å². The van der Waals surface area contributed by atoms with Crippen LogP contribution in [-0.4, -0.2) is 72.0 Å². The monoisotopic (exact) mass is 470 g/mol. The number of aromatic nitrogens is 2. The van der Waals surface area contributed by atoms with Crippen molar-refractivity contribution in [1.82, 2.24) is 9.55 Å². The molecule has 32 heavy (non-hydrogen) atoms. The molecule has 3 N–H and O–H groups in total. The van der Waals surface area contributed by atoms with Crippen molar-refractivity contribution in [2.75, 3.05) is 33.9 Å². The van der Waals surface area contributed by atoms with Crippen molar-refractivity contribution < 1.29 is 33.9 Å². The summed E-state index contributed by atoms with van der Waals surface area (Å²) in [5, 5.41) is 20.0. The Morgan fingerprint density at radius 2 is 1.84 bits per heavy atom. The van der Waals surface area contributed by atoms with Gasteiger partial charge in [-0.05, 0) is 0 Å². The van der Waals surface area contributed by atoms with E-state index in [4.69, 9.17) is 23.7 Å². The van der Waals surface area contributed by atoms with Gasteiger partial charge in [0.2, 0.25) is 0 Å². The fraction of sp³-hybridized carbons (Fsp3) is 0.500. The predicted octanol–water partition coefficient (Wildman–Crippen LogP) is 0.0891. The number of benzene rings is 1. The Kier molecular flexibility index (Phi) is 8.21. The Morgan fingerprint density at radius 1 is 1.16 bits per heavy atom. The number of nitrogens with one attached hydrogen (secondary N) is 1. The molecule has 0 amide bonds. The third-order valence-corrected chi connectivity index (χ3v) is 5.82. The lowest BCUT2D eigenvalue weighted by Gasteiger charge is -2.22. The minimum atomic E-state index is -1.17. The van der Waals surface area contributed by atoms with Crippen molar-refractivity contribution in [3.8, 4) is 17.2 Å². The molecule has 0 radical (unpaired) electrons. The minimum absolute atomic E-state index is 0.135. The van der Waals surface area contributed by atoms with Crippen LogP contribution in [0.5, 0.6) is 17.2 Å². The van der Waals surface area contributed by atoms with Crippen LogP contribution in [0.15, 0.2) is 34.0 Å². The topological polar surface area (TPSA) is 141 Å². The van der Waals surface area contributed by atoms with Crippen LogP contribution in [0.2, 0.25) is 0 Å². The number of thioether (sulfide) groups is 1. The molecule has 1 aliphatic heterocycles. The number of aliphatic hydroxyl groups is 2. The van der Waals surface area contributed by atoms with E-state index in [1.807, 2.05) is 0 Å². The predicted molar refractivity (Wildman–Crippen MR) is 115 cm³/mol. The zero-order chi connectivity index (χ0) is 23.3. The Bertz CT molecular complexity index is 1000. The quantitative estimate of drug-likeness (QED) is 0.323. The van der Waals surface area contributed by atoms with E-state index in [1.54, 1.807) is 33.5 Å². The number of aromatic amines is 1. The maximum Gasteiger partial charge on any atom is 0.330 e.